The molecule has 1 rings (SSSR count). The Kier molecular flexibility index (Phi) is 9.27. The number of hydrogen-bond donors (Lipinski definition) is 4. The molecule has 1 unspecified atom stereocenters. The molecular weight excluding hydrogens is 379 g/mol. The first-order chi connectivity index (χ1) is 12.8. The molecule has 0 fully saturated rings. The van der Waals surface area contributed by atoms with Crippen LogP contribution in [0.3, 0.4) is 0 Å². The van der Waals surface area contributed by atoms with Crippen LogP contribution < -0.4 is 15.4 Å². The standard InChI is InChI=1S/C17H21FN2O6S/c1-2-26-14-4-3-11(27)5-10(14)6-15(22)19-9-16(23)20-12(7-17(24)25)13(21)8-18/h3-5,12,27H,2,6-9H2,1H3,(H,19,22)(H,20,23)(H,24,25). The molecular formula is C17H21FN2O6S. The lowest BCUT2D eigenvalue weighted by atomic mass is 10.1. The van der Waals surface area contributed by atoms with E-state index in [9.17, 15) is 23.6 Å². The van der Waals surface area contributed by atoms with Crippen molar-refractivity contribution in [2.45, 2.75) is 30.7 Å². The predicted molar refractivity (Wildman–Crippen MR) is 96.7 cm³/mol. The number of carbonyl (C=O) groups is 4. The van der Waals surface area contributed by atoms with E-state index in [0.29, 0.717) is 22.8 Å². The number of ketones is 1. The normalized spacial score (nSPS) is 11.4. The summed E-state index contributed by atoms with van der Waals surface area (Å²) < 4.78 is 17.9. The fourth-order valence-corrected chi connectivity index (χ4v) is 2.40. The molecule has 0 saturated heterocycles. The van der Waals surface area contributed by atoms with Crippen LogP contribution in [-0.2, 0) is 25.6 Å². The Balaban J connectivity index is 2.61. The molecule has 1 aromatic carbocycles. The maximum absolute atomic E-state index is 12.4. The van der Waals surface area contributed by atoms with E-state index in [4.69, 9.17) is 9.84 Å². The van der Waals surface area contributed by atoms with Crippen molar-refractivity contribution in [1.29, 1.82) is 0 Å². The minimum absolute atomic E-state index is 0.0705. The van der Waals surface area contributed by atoms with Crippen molar-refractivity contribution in [3.63, 3.8) is 0 Å². The second kappa shape index (κ2) is 11.2. The number of carbonyl (C=O) groups excluding carboxylic acids is 3. The van der Waals surface area contributed by atoms with Gasteiger partial charge in [-0.05, 0) is 25.1 Å². The number of benzene rings is 1. The van der Waals surface area contributed by atoms with E-state index >= 15 is 0 Å². The lowest BCUT2D eigenvalue weighted by Crippen LogP contribution is -2.47. The molecule has 0 aliphatic carbocycles. The third-order valence-electron chi connectivity index (χ3n) is 3.38. The Morgan fingerprint density at radius 1 is 1.26 bits per heavy atom. The zero-order valence-electron chi connectivity index (χ0n) is 14.7. The molecule has 1 aromatic rings. The van der Waals surface area contributed by atoms with Crippen LogP contribution in [0.1, 0.15) is 18.9 Å². The van der Waals surface area contributed by atoms with Gasteiger partial charge in [-0.1, -0.05) is 0 Å². The minimum atomic E-state index is -1.48. The highest BCUT2D eigenvalue weighted by molar-refractivity contribution is 7.80. The number of carboxylic acid groups (broad SMARTS) is 1. The largest absolute Gasteiger partial charge is 0.494 e. The SMILES string of the molecule is CCOc1ccc(S)cc1CC(=O)NCC(=O)NC(CC(=O)O)C(=O)CF. The first-order valence-corrected chi connectivity index (χ1v) is 8.52. The first kappa shape index (κ1) is 22.4. The molecule has 0 aromatic heterocycles. The summed E-state index contributed by atoms with van der Waals surface area (Å²) in [5.41, 5.74) is 0.582. The number of thiol groups is 1. The van der Waals surface area contributed by atoms with Crippen molar-refractivity contribution in [2.75, 3.05) is 19.8 Å². The third kappa shape index (κ3) is 8.07. The van der Waals surface area contributed by atoms with E-state index in [1.165, 1.54) is 0 Å². The van der Waals surface area contributed by atoms with Crippen molar-refractivity contribution in [3.05, 3.63) is 23.8 Å². The smallest absolute Gasteiger partial charge is 0.305 e. The van der Waals surface area contributed by atoms with Crippen molar-refractivity contribution < 1.29 is 33.4 Å². The van der Waals surface area contributed by atoms with Crippen molar-refractivity contribution in [2.24, 2.45) is 0 Å². The molecule has 2 amide bonds. The van der Waals surface area contributed by atoms with Gasteiger partial charge in [0.25, 0.3) is 0 Å². The minimum Gasteiger partial charge on any atom is -0.494 e. The number of amides is 2. The summed E-state index contributed by atoms with van der Waals surface area (Å²) in [6, 6.07) is 3.58. The lowest BCUT2D eigenvalue weighted by Gasteiger charge is -2.15. The average molecular weight is 400 g/mol. The molecule has 0 radical (unpaired) electrons. The van der Waals surface area contributed by atoms with E-state index in [-0.39, 0.29) is 6.42 Å². The van der Waals surface area contributed by atoms with Crippen LogP contribution in [0.4, 0.5) is 4.39 Å². The molecule has 27 heavy (non-hydrogen) atoms. The Labute approximate surface area is 160 Å². The maximum atomic E-state index is 12.4. The monoisotopic (exact) mass is 400 g/mol. The summed E-state index contributed by atoms with van der Waals surface area (Å²) in [4.78, 5) is 46.5. The zero-order chi connectivity index (χ0) is 20.4. The topological polar surface area (TPSA) is 122 Å². The van der Waals surface area contributed by atoms with Crippen LogP contribution in [-0.4, -0.2) is 54.5 Å². The fourth-order valence-electron chi connectivity index (χ4n) is 2.17. The summed E-state index contributed by atoms with van der Waals surface area (Å²) in [5.74, 6) is -3.18. The molecule has 8 nitrogen and oxygen atoms in total. The number of carboxylic acids is 1. The van der Waals surface area contributed by atoms with Gasteiger partial charge < -0.3 is 20.5 Å². The van der Waals surface area contributed by atoms with Gasteiger partial charge in [0.05, 0.1) is 26.0 Å². The molecule has 3 N–H and O–H groups in total. The zero-order valence-corrected chi connectivity index (χ0v) is 15.6. The molecule has 0 heterocycles. The Morgan fingerprint density at radius 3 is 2.56 bits per heavy atom. The van der Waals surface area contributed by atoms with Crippen LogP contribution in [0.2, 0.25) is 0 Å². The van der Waals surface area contributed by atoms with Crippen LogP contribution in [0.15, 0.2) is 23.1 Å². The number of ether oxygens (including phenoxy) is 1. The summed E-state index contributed by atoms with van der Waals surface area (Å²) in [6.07, 6.45) is -0.812. The van der Waals surface area contributed by atoms with Crippen LogP contribution in [0.5, 0.6) is 5.75 Å². The van der Waals surface area contributed by atoms with E-state index in [2.05, 4.69) is 23.3 Å². The van der Waals surface area contributed by atoms with E-state index in [0.717, 1.165) is 0 Å². The number of hydrogen-bond acceptors (Lipinski definition) is 6. The first-order valence-electron chi connectivity index (χ1n) is 8.08. The highest BCUT2D eigenvalue weighted by Gasteiger charge is 2.23. The summed E-state index contributed by atoms with van der Waals surface area (Å²) in [5, 5.41) is 13.2. The molecule has 148 valence electrons. The van der Waals surface area contributed by atoms with Gasteiger partial charge >= 0.3 is 5.97 Å². The third-order valence-corrected chi connectivity index (χ3v) is 3.65. The van der Waals surface area contributed by atoms with Crippen molar-refractivity contribution in [1.82, 2.24) is 10.6 Å². The van der Waals surface area contributed by atoms with Gasteiger partial charge in [-0.15, -0.1) is 12.6 Å². The fraction of sp³-hybridized carbons (Fsp3) is 0.412. The van der Waals surface area contributed by atoms with Gasteiger partial charge in [0.15, 0.2) is 5.78 Å². The number of rotatable bonds is 11. The van der Waals surface area contributed by atoms with E-state index < -0.39 is 49.2 Å². The predicted octanol–water partition coefficient (Wildman–Crippen LogP) is 0.531. The Bertz CT molecular complexity index is 713. The summed E-state index contributed by atoms with van der Waals surface area (Å²) in [6.45, 7) is 0.329. The molecule has 0 spiro atoms. The molecule has 10 heteroatoms. The van der Waals surface area contributed by atoms with Crippen LogP contribution in [0.25, 0.3) is 0 Å². The van der Waals surface area contributed by atoms with Gasteiger partial charge in [0.2, 0.25) is 11.8 Å². The summed E-state index contributed by atoms with van der Waals surface area (Å²) >= 11 is 4.21. The number of halogens is 1. The Hall–Kier alpha value is -2.62. The Morgan fingerprint density at radius 2 is 1.96 bits per heavy atom. The van der Waals surface area contributed by atoms with E-state index in [1.54, 1.807) is 25.1 Å². The number of nitrogens with one attached hydrogen (secondary N) is 2. The number of Topliss-reactive ketones (excluding diaryl/α,β-unsaturated/α-hetero) is 1. The van der Waals surface area contributed by atoms with Gasteiger partial charge in [0.1, 0.15) is 18.5 Å². The van der Waals surface area contributed by atoms with Gasteiger partial charge in [-0.2, -0.15) is 0 Å². The second-order valence-corrected chi connectivity index (χ2v) is 6.01. The quantitative estimate of drug-likeness (QED) is 0.402. The van der Waals surface area contributed by atoms with Gasteiger partial charge in [-0.3, -0.25) is 19.2 Å². The van der Waals surface area contributed by atoms with Crippen molar-refractivity contribution >= 4 is 36.2 Å². The number of aliphatic carboxylic acids is 1. The second-order valence-electron chi connectivity index (χ2n) is 5.50. The molecule has 0 saturated carbocycles. The number of alkyl halides is 1. The molecule has 0 aliphatic heterocycles. The van der Waals surface area contributed by atoms with Gasteiger partial charge in [0, 0.05) is 10.5 Å². The summed E-state index contributed by atoms with van der Waals surface area (Å²) in [7, 11) is 0. The van der Waals surface area contributed by atoms with E-state index in [1.807, 2.05) is 0 Å². The maximum Gasteiger partial charge on any atom is 0.305 e. The lowest BCUT2D eigenvalue weighted by molar-refractivity contribution is -0.140. The van der Waals surface area contributed by atoms with Crippen LogP contribution >= 0.6 is 12.6 Å². The highest BCUT2D eigenvalue weighted by atomic mass is 32.1. The molecule has 0 bridgehead atoms. The highest BCUT2D eigenvalue weighted by Crippen LogP contribution is 2.22. The van der Waals surface area contributed by atoms with Gasteiger partial charge in [-0.25, -0.2) is 4.39 Å². The van der Waals surface area contributed by atoms with Crippen LogP contribution in [0, 0.1) is 0 Å². The van der Waals surface area contributed by atoms with Crippen molar-refractivity contribution in [3.8, 4) is 5.75 Å². The molecule has 0 aliphatic rings. The molecule has 1 atom stereocenters. The average Bonchev–Trinajstić information content (AvgIpc) is 2.60.